The zero-order valence-electron chi connectivity index (χ0n) is 39.6. The first kappa shape index (κ1) is 41.1. The summed E-state index contributed by atoms with van der Waals surface area (Å²) in [6.45, 7) is 4.74. The molecular weight excluding hydrogens is 861 g/mol. The SMILES string of the molecule is CC1(C)c2ccccc2-c2ccc(N(c3ccc4c(c3)C(c3ccccc3)(c3ccccc3)c3ccccc3-4)c3ccc4c5c(cccc35)-c3c(cccc3N(c3ccccc3)c3ccccc3)O4)cc21. The average Bonchev–Trinajstić information content (AvgIpc) is 3.85. The Morgan fingerprint density at radius 1 is 0.324 bits per heavy atom. The van der Waals surface area contributed by atoms with E-state index in [-0.39, 0.29) is 5.41 Å². The summed E-state index contributed by atoms with van der Waals surface area (Å²) in [5, 5.41) is 2.19. The van der Waals surface area contributed by atoms with Crippen molar-refractivity contribution >= 4 is 44.9 Å². The molecular formula is C68H48N2O. The normalized spacial score (nSPS) is 13.8. The van der Waals surface area contributed by atoms with Crippen molar-refractivity contribution in [3.8, 4) is 44.9 Å². The van der Waals surface area contributed by atoms with Gasteiger partial charge in [-0.25, -0.2) is 0 Å². The van der Waals surface area contributed by atoms with Crippen LogP contribution in [0.25, 0.3) is 44.2 Å². The molecule has 336 valence electrons. The van der Waals surface area contributed by atoms with Gasteiger partial charge in [0.05, 0.1) is 16.8 Å². The topological polar surface area (TPSA) is 15.7 Å². The number of para-hydroxylation sites is 2. The average molecular weight is 909 g/mol. The molecule has 1 aliphatic heterocycles. The van der Waals surface area contributed by atoms with Crippen molar-refractivity contribution in [3.63, 3.8) is 0 Å². The maximum absolute atomic E-state index is 7.06. The van der Waals surface area contributed by atoms with Crippen LogP contribution in [0.1, 0.15) is 47.2 Å². The fourth-order valence-electron chi connectivity index (χ4n) is 12.4. The summed E-state index contributed by atoms with van der Waals surface area (Å²) in [5.41, 5.74) is 20.7. The second kappa shape index (κ2) is 15.8. The number of anilines is 6. The highest BCUT2D eigenvalue weighted by atomic mass is 16.5. The molecule has 0 N–H and O–H groups in total. The van der Waals surface area contributed by atoms with Crippen molar-refractivity contribution in [1.82, 2.24) is 0 Å². The summed E-state index contributed by atoms with van der Waals surface area (Å²) in [6.07, 6.45) is 0. The van der Waals surface area contributed by atoms with Gasteiger partial charge >= 0.3 is 0 Å². The molecule has 3 nitrogen and oxygen atoms in total. The van der Waals surface area contributed by atoms with Gasteiger partial charge in [0.1, 0.15) is 11.5 Å². The van der Waals surface area contributed by atoms with Gasteiger partial charge in [0, 0.05) is 44.5 Å². The summed E-state index contributed by atoms with van der Waals surface area (Å²) < 4.78 is 7.06. The maximum atomic E-state index is 7.06. The highest BCUT2D eigenvalue weighted by Gasteiger charge is 2.46. The highest BCUT2D eigenvalue weighted by molar-refractivity contribution is 6.13. The van der Waals surface area contributed by atoms with Crippen molar-refractivity contribution in [1.29, 1.82) is 0 Å². The van der Waals surface area contributed by atoms with Gasteiger partial charge in [-0.2, -0.15) is 0 Å². The summed E-state index contributed by atoms with van der Waals surface area (Å²) >= 11 is 0. The minimum Gasteiger partial charge on any atom is -0.456 e. The van der Waals surface area contributed by atoms with Gasteiger partial charge in [0.25, 0.3) is 0 Å². The number of benzene rings is 11. The smallest absolute Gasteiger partial charge is 0.137 e. The van der Waals surface area contributed by atoms with Crippen molar-refractivity contribution in [2.75, 3.05) is 9.80 Å². The molecule has 1 heterocycles. The molecule has 71 heavy (non-hydrogen) atoms. The highest BCUT2D eigenvalue weighted by Crippen LogP contribution is 2.59. The van der Waals surface area contributed by atoms with E-state index in [1.165, 1.54) is 55.6 Å². The Balaban J connectivity index is 1.03. The van der Waals surface area contributed by atoms with Gasteiger partial charge in [-0.1, -0.05) is 196 Å². The molecule has 0 saturated carbocycles. The van der Waals surface area contributed by atoms with Crippen LogP contribution in [0.4, 0.5) is 34.1 Å². The van der Waals surface area contributed by atoms with Gasteiger partial charge in [-0.05, 0) is 134 Å². The fraction of sp³-hybridized carbons (Fsp3) is 0.0588. The first-order valence-electron chi connectivity index (χ1n) is 24.7. The third-order valence-corrected chi connectivity index (χ3v) is 15.5. The Morgan fingerprint density at radius 2 is 0.817 bits per heavy atom. The van der Waals surface area contributed by atoms with E-state index in [1.807, 2.05) is 0 Å². The van der Waals surface area contributed by atoms with E-state index in [9.17, 15) is 0 Å². The minimum atomic E-state index is -0.561. The molecule has 0 atom stereocenters. The molecule has 3 aliphatic rings. The van der Waals surface area contributed by atoms with Crippen LogP contribution in [-0.2, 0) is 10.8 Å². The van der Waals surface area contributed by atoms with Crippen LogP contribution >= 0.6 is 0 Å². The molecule has 0 bridgehead atoms. The van der Waals surface area contributed by atoms with E-state index in [2.05, 4.69) is 278 Å². The Labute approximate surface area is 415 Å². The molecule has 0 unspecified atom stereocenters. The Bertz CT molecular complexity index is 3800. The molecule has 11 aromatic rings. The lowest BCUT2D eigenvalue weighted by atomic mass is 9.67. The molecule has 3 heteroatoms. The number of fused-ring (bicyclic) bond motifs is 8. The molecule has 14 rings (SSSR count). The number of rotatable bonds is 8. The molecule has 0 fully saturated rings. The zero-order valence-corrected chi connectivity index (χ0v) is 39.6. The summed E-state index contributed by atoms with van der Waals surface area (Å²) in [4.78, 5) is 4.86. The van der Waals surface area contributed by atoms with E-state index in [1.54, 1.807) is 0 Å². The molecule has 0 aromatic heterocycles. The Morgan fingerprint density at radius 3 is 1.46 bits per heavy atom. The Kier molecular flexibility index (Phi) is 9.15. The lowest BCUT2D eigenvalue weighted by molar-refractivity contribution is 0.487. The summed E-state index contributed by atoms with van der Waals surface area (Å²) in [7, 11) is 0. The fourth-order valence-corrected chi connectivity index (χ4v) is 12.4. The predicted molar refractivity (Wildman–Crippen MR) is 294 cm³/mol. The largest absolute Gasteiger partial charge is 0.456 e. The summed E-state index contributed by atoms with van der Waals surface area (Å²) in [6, 6.07) is 93.4. The van der Waals surface area contributed by atoms with Crippen LogP contribution in [0.5, 0.6) is 11.5 Å². The van der Waals surface area contributed by atoms with Crippen LogP contribution in [0.2, 0.25) is 0 Å². The van der Waals surface area contributed by atoms with E-state index < -0.39 is 5.41 Å². The van der Waals surface area contributed by atoms with E-state index in [0.29, 0.717) is 0 Å². The molecule has 0 radical (unpaired) electrons. The zero-order chi connectivity index (χ0) is 47.3. The van der Waals surface area contributed by atoms with Gasteiger partial charge < -0.3 is 14.5 Å². The number of nitrogens with zero attached hydrogens (tertiary/aromatic N) is 2. The van der Waals surface area contributed by atoms with Gasteiger partial charge in [-0.3, -0.25) is 0 Å². The van der Waals surface area contributed by atoms with Crippen LogP contribution in [0, 0.1) is 0 Å². The van der Waals surface area contributed by atoms with Crippen molar-refractivity contribution in [2.45, 2.75) is 24.7 Å². The van der Waals surface area contributed by atoms with E-state index in [4.69, 9.17) is 4.74 Å². The molecule has 0 amide bonds. The van der Waals surface area contributed by atoms with E-state index >= 15 is 0 Å². The quantitative estimate of drug-likeness (QED) is 0.151. The number of hydrogen-bond donors (Lipinski definition) is 0. The number of ether oxygens (including phenoxy) is 1. The molecule has 11 aromatic carbocycles. The standard InChI is InChI=1S/C68H48N2O/c1-67(2)57-33-17-15-29-51(57)53-39-37-49(43-59(53)67)70(50-38-40-54-52-30-16-18-34-58(52)68(60(54)44-50,45-21-7-3-8-22-45)46-23-9-4-10-24-46)61-41-42-64-65-55(61)31-19-32-56(65)66-62(35-20-36-63(66)71-64)69(47-25-11-5-12-26-47)48-27-13-6-14-28-48/h3-44H,1-2H3. The number of hydrogen-bond acceptors (Lipinski definition) is 3. The van der Waals surface area contributed by atoms with E-state index in [0.717, 1.165) is 67.5 Å². The Hall–Kier alpha value is -8.92. The van der Waals surface area contributed by atoms with Crippen molar-refractivity contribution < 1.29 is 4.74 Å². The second-order valence-corrected chi connectivity index (χ2v) is 19.6. The van der Waals surface area contributed by atoms with Crippen LogP contribution in [0.15, 0.2) is 255 Å². The monoisotopic (exact) mass is 908 g/mol. The molecule has 0 spiro atoms. The van der Waals surface area contributed by atoms with Gasteiger partial charge in [0.2, 0.25) is 0 Å². The molecule has 2 aliphatic carbocycles. The van der Waals surface area contributed by atoms with Gasteiger partial charge in [0.15, 0.2) is 0 Å². The minimum absolute atomic E-state index is 0.194. The van der Waals surface area contributed by atoms with Crippen molar-refractivity contribution in [2.24, 2.45) is 0 Å². The third kappa shape index (κ3) is 6.03. The first-order chi connectivity index (χ1) is 35.0. The maximum Gasteiger partial charge on any atom is 0.137 e. The molecule has 0 saturated heterocycles. The van der Waals surface area contributed by atoms with Crippen LogP contribution < -0.4 is 14.5 Å². The van der Waals surface area contributed by atoms with Crippen LogP contribution in [0.3, 0.4) is 0 Å². The van der Waals surface area contributed by atoms with Gasteiger partial charge in [-0.15, -0.1) is 0 Å². The lowest BCUT2D eigenvalue weighted by Gasteiger charge is -2.35. The van der Waals surface area contributed by atoms with Crippen molar-refractivity contribution in [3.05, 3.63) is 288 Å². The third-order valence-electron chi connectivity index (χ3n) is 15.5. The first-order valence-corrected chi connectivity index (χ1v) is 24.7. The van der Waals surface area contributed by atoms with Crippen LogP contribution in [-0.4, -0.2) is 0 Å². The summed E-state index contributed by atoms with van der Waals surface area (Å²) in [5.74, 6) is 1.68. The predicted octanol–water partition coefficient (Wildman–Crippen LogP) is 18.2. The lowest BCUT2D eigenvalue weighted by Crippen LogP contribution is -2.28. The second-order valence-electron chi connectivity index (χ2n) is 19.6.